The molecular formula is C19H20N2O6. The number of carbonyl (C=O) groups is 3. The molecule has 0 aromatic heterocycles. The zero-order valence-corrected chi connectivity index (χ0v) is 15.2. The lowest BCUT2D eigenvalue weighted by atomic mass is 10.2. The second-order valence-corrected chi connectivity index (χ2v) is 5.45. The van der Waals surface area contributed by atoms with E-state index in [0.29, 0.717) is 22.9 Å². The maximum absolute atomic E-state index is 12.1. The van der Waals surface area contributed by atoms with E-state index in [1.807, 2.05) is 0 Å². The fourth-order valence-electron chi connectivity index (χ4n) is 2.21. The van der Waals surface area contributed by atoms with E-state index in [9.17, 15) is 14.4 Å². The van der Waals surface area contributed by atoms with Crippen LogP contribution in [-0.4, -0.2) is 38.6 Å². The molecule has 0 saturated heterocycles. The lowest BCUT2D eigenvalue weighted by molar-refractivity contribution is -0.119. The number of esters is 1. The smallest absolute Gasteiger partial charge is 0.338 e. The fourth-order valence-corrected chi connectivity index (χ4v) is 2.21. The Morgan fingerprint density at radius 1 is 0.852 bits per heavy atom. The van der Waals surface area contributed by atoms with Crippen molar-refractivity contribution in [2.75, 3.05) is 31.5 Å². The number of methoxy groups -OCH3 is 2. The Hall–Kier alpha value is -3.55. The molecular weight excluding hydrogens is 352 g/mol. The second kappa shape index (κ2) is 9.23. The van der Waals surface area contributed by atoms with Crippen molar-refractivity contribution >= 4 is 29.2 Å². The summed E-state index contributed by atoms with van der Waals surface area (Å²) in [6, 6.07) is 11.1. The van der Waals surface area contributed by atoms with Gasteiger partial charge in [0.15, 0.2) is 18.1 Å². The van der Waals surface area contributed by atoms with Crippen LogP contribution in [0.25, 0.3) is 0 Å². The number of rotatable bonds is 7. The molecule has 0 atom stereocenters. The average Bonchev–Trinajstić information content (AvgIpc) is 2.66. The monoisotopic (exact) mass is 372 g/mol. The highest BCUT2D eigenvalue weighted by molar-refractivity contribution is 5.96. The molecule has 0 aliphatic rings. The first-order valence-electron chi connectivity index (χ1n) is 7.99. The van der Waals surface area contributed by atoms with Gasteiger partial charge in [-0.3, -0.25) is 9.59 Å². The van der Waals surface area contributed by atoms with E-state index in [1.165, 1.54) is 33.3 Å². The molecule has 0 aliphatic heterocycles. The highest BCUT2D eigenvalue weighted by atomic mass is 16.5. The third-order valence-electron chi connectivity index (χ3n) is 3.44. The summed E-state index contributed by atoms with van der Waals surface area (Å²) in [6.07, 6.45) is 0. The Kier molecular flexibility index (Phi) is 6.76. The second-order valence-electron chi connectivity index (χ2n) is 5.45. The minimum atomic E-state index is -0.660. The van der Waals surface area contributed by atoms with Crippen LogP contribution in [0.3, 0.4) is 0 Å². The Labute approximate surface area is 156 Å². The van der Waals surface area contributed by atoms with Crippen molar-refractivity contribution in [2.45, 2.75) is 6.92 Å². The van der Waals surface area contributed by atoms with E-state index in [-0.39, 0.29) is 11.5 Å². The Balaban J connectivity index is 1.89. The summed E-state index contributed by atoms with van der Waals surface area (Å²) in [7, 11) is 2.94. The van der Waals surface area contributed by atoms with Crippen LogP contribution in [0.2, 0.25) is 0 Å². The van der Waals surface area contributed by atoms with Gasteiger partial charge in [0.1, 0.15) is 0 Å². The fraction of sp³-hybridized carbons (Fsp3) is 0.211. The van der Waals surface area contributed by atoms with Crippen LogP contribution < -0.4 is 20.1 Å². The summed E-state index contributed by atoms with van der Waals surface area (Å²) in [5.41, 5.74) is 1.36. The molecule has 2 rings (SSSR count). The highest BCUT2D eigenvalue weighted by Crippen LogP contribution is 2.27. The van der Waals surface area contributed by atoms with E-state index in [0.717, 1.165) is 0 Å². The van der Waals surface area contributed by atoms with Gasteiger partial charge in [-0.15, -0.1) is 0 Å². The number of hydrogen-bond acceptors (Lipinski definition) is 6. The van der Waals surface area contributed by atoms with Gasteiger partial charge in [-0.1, -0.05) is 0 Å². The van der Waals surface area contributed by atoms with Crippen molar-refractivity contribution in [1.29, 1.82) is 0 Å². The zero-order chi connectivity index (χ0) is 19.8. The van der Waals surface area contributed by atoms with Crippen LogP contribution in [-0.2, 0) is 14.3 Å². The van der Waals surface area contributed by atoms with Crippen molar-refractivity contribution in [3.05, 3.63) is 48.0 Å². The summed E-state index contributed by atoms with van der Waals surface area (Å²) in [4.78, 5) is 35.0. The van der Waals surface area contributed by atoms with E-state index in [2.05, 4.69) is 10.6 Å². The van der Waals surface area contributed by atoms with Gasteiger partial charge in [-0.2, -0.15) is 0 Å². The summed E-state index contributed by atoms with van der Waals surface area (Å²) in [6.45, 7) is 0.961. The molecule has 142 valence electrons. The molecule has 0 unspecified atom stereocenters. The van der Waals surface area contributed by atoms with Crippen LogP contribution >= 0.6 is 0 Å². The quantitative estimate of drug-likeness (QED) is 0.724. The largest absolute Gasteiger partial charge is 0.493 e. The molecule has 0 saturated carbocycles. The van der Waals surface area contributed by atoms with E-state index < -0.39 is 18.5 Å². The van der Waals surface area contributed by atoms with Gasteiger partial charge in [0.2, 0.25) is 5.91 Å². The maximum Gasteiger partial charge on any atom is 0.338 e. The molecule has 0 radical (unpaired) electrons. The Morgan fingerprint density at radius 2 is 1.44 bits per heavy atom. The summed E-state index contributed by atoms with van der Waals surface area (Å²) >= 11 is 0. The molecule has 8 heteroatoms. The van der Waals surface area contributed by atoms with Crippen molar-refractivity contribution in [3.63, 3.8) is 0 Å². The first-order valence-corrected chi connectivity index (χ1v) is 7.99. The molecule has 2 amide bonds. The highest BCUT2D eigenvalue weighted by Gasteiger charge is 2.13. The topological polar surface area (TPSA) is 103 Å². The van der Waals surface area contributed by atoms with E-state index in [1.54, 1.807) is 30.3 Å². The lowest BCUT2D eigenvalue weighted by Gasteiger charge is -2.10. The zero-order valence-electron chi connectivity index (χ0n) is 15.2. The van der Waals surface area contributed by atoms with E-state index in [4.69, 9.17) is 14.2 Å². The van der Waals surface area contributed by atoms with Crippen LogP contribution in [0.1, 0.15) is 17.3 Å². The number of hydrogen-bond donors (Lipinski definition) is 2. The van der Waals surface area contributed by atoms with Crippen molar-refractivity contribution < 1.29 is 28.6 Å². The maximum atomic E-state index is 12.1. The third-order valence-corrected chi connectivity index (χ3v) is 3.44. The first-order chi connectivity index (χ1) is 12.9. The number of anilines is 2. The van der Waals surface area contributed by atoms with E-state index >= 15 is 0 Å². The average molecular weight is 372 g/mol. The summed E-state index contributed by atoms with van der Waals surface area (Å²) in [5.74, 6) is -0.470. The van der Waals surface area contributed by atoms with Gasteiger partial charge >= 0.3 is 5.97 Å². The predicted octanol–water partition coefficient (Wildman–Crippen LogP) is 2.46. The molecule has 2 N–H and O–H groups in total. The summed E-state index contributed by atoms with van der Waals surface area (Å²) < 4.78 is 15.2. The predicted molar refractivity (Wildman–Crippen MR) is 99.2 cm³/mol. The number of amides is 2. The molecule has 2 aromatic rings. The van der Waals surface area contributed by atoms with Crippen LogP contribution in [0.5, 0.6) is 11.5 Å². The van der Waals surface area contributed by atoms with Crippen LogP contribution in [0.4, 0.5) is 11.4 Å². The van der Waals surface area contributed by atoms with Crippen molar-refractivity contribution in [1.82, 2.24) is 0 Å². The molecule has 8 nitrogen and oxygen atoms in total. The number of nitrogens with one attached hydrogen (secondary N) is 2. The summed E-state index contributed by atoms with van der Waals surface area (Å²) in [5, 5.41) is 5.22. The molecule has 0 fully saturated rings. The Morgan fingerprint density at radius 3 is 2.00 bits per heavy atom. The van der Waals surface area contributed by atoms with Crippen molar-refractivity contribution in [3.8, 4) is 11.5 Å². The number of carbonyl (C=O) groups excluding carboxylic acids is 3. The Bertz CT molecular complexity index is 833. The van der Waals surface area contributed by atoms with Gasteiger partial charge in [-0.25, -0.2) is 4.79 Å². The third kappa shape index (κ3) is 5.74. The molecule has 27 heavy (non-hydrogen) atoms. The lowest BCUT2D eigenvalue weighted by Crippen LogP contribution is -2.21. The number of ether oxygens (including phenoxy) is 3. The van der Waals surface area contributed by atoms with Crippen LogP contribution in [0.15, 0.2) is 42.5 Å². The number of benzene rings is 2. The normalized spacial score (nSPS) is 9.89. The van der Waals surface area contributed by atoms with Gasteiger partial charge in [0, 0.05) is 18.3 Å². The minimum absolute atomic E-state index is 0.186. The van der Waals surface area contributed by atoms with Gasteiger partial charge in [0.05, 0.1) is 19.8 Å². The van der Waals surface area contributed by atoms with Gasteiger partial charge in [-0.05, 0) is 42.5 Å². The van der Waals surface area contributed by atoms with Gasteiger partial charge in [0.25, 0.3) is 5.91 Å². The molecule has 2 aromatic carbocycles. The molecule has 0 bridgehead atoms. The van der Waals surface area contributed by atoms with Crippen LogP contribution in [0, 0.1) is 0 Å². The van der Waals surface area contributed by atoms with Crippen molar-refractivity contribution in [2.24, 2.45) is 0 Å². The molecule has 0 spiro atoms. The first kappa shape index (κ1) is 19.8. The SMILES string of the molecule is COc1ccc(C(=O)OCC(=O)Nc2ccc(NC(C)=O)cc2)cc1OC. The molecule has 0 heterocycles. The minimum Gasteiger partial charge on any atom is -0.493 e. The standard InChI is InChI=1S/C19H20N2O6/c1-12(22)20-14-5-7-15(8-6-14)21-18(23)11-27-19(24)13-4-9-16(25-2)17(10-13)26-3/h4-10H,11H2,1-3H3,(H,20,22)(H,21,23). The van der Waals surface area contributed by atoms with Gasteiger partial charge < -0.3 is 24.8 Å². The molecule has 0 aliphatic carbocycles.